The highest BCUT2D eigenvalue weighted by molar-refractivity contribution is 5.80. The number of hydrazine groups is 1. The molecular formula is C10H13FN4O. The van der Waals surface area contributed by atoms with Gasteiger partial charge < -0.3 is 10.4 Å². The molecule has 1 aromatic carbocycles. The second kappa shape index (κ2) is 4.91. The minimum Gasteiger partial charge on any atom is -0.372 e. The van der Waals surface area contributed by atoms with Crippen LogP contribution in [0.25, 0.3) is 0 Å². The summed E-state index contributed by atoms with van der Waals surface area (Å²) in [6.45, 7) is 0.833. The second-order valence-corrected chi connectivity index (χ2v) is 3.46. The maximum atomic E-state index is 12.6. The van der Waals surface area contributed by atoms with E-state index in [1.807, 2.05) is 0 Å². The molecule has 6 heteroatoms. The number of aliphatic imine (C=N–C) groups is 1. The molecule has 1 aliphatic heterocycles. The zero-order valence-electron chi connectivity index (χ0n) is 8.57. The number of guanidine groups is 1. The van der Waals surface area contributed by atoms with Gasteiger partial charge in [-0.2, -0.15) is 0 Å². The van der Waals surface area contributed by atoms with Crippen molar-refractivity contribution >= 4 is 5.96 Å². The Morgan fingerprint density at radius 3 is 2.81 bits per heavy atom. The first-order valence-electron chi connectivity index (χ1n) is 4.96. The highest BCUT2D eigenvalue weighted by Gasteiger charge is 2.11. The molecule has 1 fully saturated rings. The Bertz CT molecular complexity index is 379. The van der Waals surface area contributed by atoms with Gasteiger partial charge in [-0.1, -0.05) is 12.1 Å². The van der Waals surface area contributed by atoms with Gasteiger partial charge in [0.1, 0.15) is 12.0 Å². The predicted octanol–water partition coefficient (Wildman–Crippen LogP) is -0.302. The summed E-state index contributed by atoms with van der Waals surface area (Å²) in [5.74, 6) is 0.213. The van der Waals surface area contributed by atoms with E-state index in [9.17, 15) is 9.50 Å². The van der Waals surface area contributed by atoms with Crippen LogP contribution in [0.1, 0.15) is 5.56 Å². The average molecular weight is 224 g/mol. The molecule has 1 atom stereocenters. The maximum Gasteiger partial charge on any atom is 0.208 e. The van der Waals surface area contributed by atoms with Crippen molar-refractivity contribution in [3.8, 4) is 0 Å². The summed E-state index contributed by atoms with van der Waals surface area (Å²) in [5.41, 5.74) is 6.46. The minimum absolute atomic E-state index is 0.262. The number of halogens is 1. The first-order valence-corrected chi connectivity index (χ1v) is 4.96. The molecule has 1 saturated heterocycles. The summed E-state index contributed by atoms with van der Waals surface area (Å²) < 4.78 is 12.6. The van der Waals surface area contributed by atoms with E-state index in [4.69, 9.17) is 0 Å². The Balaban J connectivity index is 1.95. The van der Waals surface area contributed by atoms with Gasteiger partial charge in [0.25, 0.3) is 0 Å². The van der Waals surface area contributed by atoms with Crippen molar-refractivity contribution < 1.29 is 9.50 Å². The lowest BCUT2D eigenvalue weighted by Gasteiger charge is -2.23. The lowest BCUT2D eigenvalue weighted by Crippen LogP contribution is -2.59. The zero-order chi connectivity index (χ0) is 11.4. The van der Waals surface area contributed by atoms with Gasteiger partial charge in [0, 0.05) is 0 Å². The number of β-amino-alcohol motifs (C(OH)–C–C–N with tert-alkyl or cyclic N) is 1. The molecule has 1 heterocycles. The largest absolute Gasteiger partial charge is 0.372 e. The van der Waals surface area contributed by atoms with Crippen LogP contribution in [0, 0.1) is 5.82 Å². The molecule has 0 spiro atoms. The van der Waals surface area contributed by atoms with Gasteiger partial charge in [0.15, 0.2) is 0 Å². The summed E-state index contributed by atoms with van der Waals surface area (Å²) in [6, 6.07) is 6.13. The monoisotopic (exact) mass is 224 g/mol. The standard InChI is InChI=1S/C10H13FN4O/c11-8-3-1-7(2-4-8)5-12-10-14-9(16)6-13-15-10/h1-4,9,13,16H,5-6H2,(H2,12,14,15). The second-order valence-electron chi connectivity index (χ2n) is 3.46. The maximum absolute atomic E-state index is 12.6. The van der Waals surface area contributed by atoms with E-state index < -0.39 is 6.23 Å². The number of hydrogen-bond acceptors (Lipinski definition) is 3. The van der Waals surface area contributed by atoms with Crippen molar-refractivity contribution in [2.45, 2.75) is 12.8 Å². The normalized spacial score (nSPS) is 22.6. The molecular weight excluding hydrogens is 211 g/mol. The van der Waals surface area contributed by atoms with E-state index in [1.54, 1.807) is 12.1 Å². The van der Waals surface area contributed by atoms with Crippen molar-refractivity contribution in [3.05, 3.63) is 35.6 Å². The SMILES string of the molecule is OC1CNNC(=NCc2ccc(F)cc2)N1. The van der Waals surface area contributed by atoms with Gasteiger partial charge in [-0.05, 0) is 17.7 Å². The number of nitrogens with zero attached hydrogens (tertiary/aromatic N) is 1. The molecule has 0 amide bonds. The Labute approximate surface area is 92.4 Å². The van der Waals surface area contributed by atoms with Crippen LogP contribution in [0.4, 0.5) is 4.39 Å². The van der Waals surface area contributed by atoms with Crippen molar-refractivity contribution in [3.63, 3.8) is 0 Å². The number of aliphatic hydroxyl groups excluding tert-OH is 1. The van der Waals surface area contributed by atoms with E-state index in [0.717, 1.165) is 5.56 Å². The third-order valence-corrected chi connectivity index (χ3v) is 2.14. The summed E-state index contributed by atoms with van der Waals surface area (Å²) >= 11 is 0. The van der Waals surface area contributed by atoms with E-state index in [1.165, 1.54) is 12.1 Å². The first-order chi connectivity index (χ1) is 7.74. The molecule has 4 N–H and O–H groups in total. The van der Waals surface area contributed by atoms with Crippen molar-refractivity contribution in [1.82, 2.24) is 16.2 Å². The van der Waals surface area contributed by atoms with Gasteiger partial charge in [0.05, 0.1) is 13.1 Å². The number of nitrogens with one attached hydrogen (secondary N) is 3. The van der Waals surface area contributed by atoms with Crippen LogP contribution in [0.15, 0.2) is 29.3 Å². The molecule has 5 nitrogen and oxygen atoms in total. The van der Waals surface area contributed by atoms with Crippen LogP contribution in [-0.4, -0.2) is 23.8 Å². The number of hydrogen-bond donors (Lipinski definition) is 4. The molecule has 86 valence electrons. The Morgan fingerprint density at radius 2 is 2.12 bits per heavy atom. The Hall–Kier alpha value is -1.66. The molecule has 0 bridgehead atoms. The van der Waals surface area contributed by atoms with Gasteiger partial charge in [-0.25, -0.2) is 14.8 Å². The third-order valence-electron chi connectivity index (χ3n) is 2.14. The lowest BCUT2D eigenvalue weighted by molar-refractivity contribution is 0.141. The predicted molar refractivity (Wildman–Crippen MR) is 57.8 cm³/mol. The fraction of sp³-hybridized carbons (Fsp3) is 0.300. The topological polar surface area (TPSA) is 68.7 Å². The van der Waals surface area contributed by atoms with Crippen molar-refractivity contribution in [2.75, 3.05) is 6.54 Å². The van der Waals surface area contributed by atoms with Gasteiger partial charge in [-0.15, -0.1) is 0 Å². The molecule has 1 unspecified atom stereocenters. The highest BCUT2D eigenvalue weighted by Crippen LogP contribution is 2.03. The van der Waals surface area contributed by atoms with Crippen LogP contribution >= 0.6 is 0 Å². The lowest BCUT2D eigenvalue weighted by atomic mass is 10.2. The molecule has 0 radical (unpaired) electrons. The van der Waals surface area contributed by atoms with Crippen LogP contribution in [0.2, 0.25) is 0 Å². The fourth-order valence-corrected chi connectivity index (χ4v) is 1.32. The summed E-state index contributed by atoms with van der Waals surface area (Å²) in [7, 11) is 0. The van der Waals surface area contributed by atoms with Gasteiger partial charge in [-0.3, -0.25) is 5.43 Å². The molecule has 16 heavy (non-hydrogen) atoms. The van der Waals surface area contributed by atoms with Crippen LogP contribution < -0.4 is 16.2 Å². The molecule has 0 aromatic heterocycles. The zero-order valence-corrected chi connectivity index (χ0v) is 8.57. The van der Waals surface area contributed by atoms with E-state index >= 15 is 0 Å². The number of rotatable bonds is 2. The smallest absolute Gasteiger partial charge is 0.208 e. The van der Waals surface area contributed by atoms with Gasteiger partial charge in [0.2, 0.25) is 5.96 Å². The fourth-order valence-electron chi connectivity index (χ4n) is 1.32. The van der Waals surface area contributed by atoms with E-state index in [0.29, 0.717) is 19.0 Å². The average Bonchev–Trinajstić information content (AvgIpc) is 2.28. The van der Waals surface area contributed by atoms with Crippen LogP contribution in [0.3, 0.4) is 0 Å². The summed E-state index contributed by atoms with van der Waals surface area (Å²) in [5, 5.41) is 12.0. The Kier molecular flexibility index (Phi) is 3.33. The highest BCUT2D eigenvalue weighted by atomic mass is 19.1. The van der Waals surface area contributed by atoms with Crippen molar-refractivity contribution in [2.24, 2.45) is 4.99 Å². The van der Waals surface area contributed by atoms with Crippen molar-refractivity contribution in [1.29, 1.82) is 0 Å². The quantitative estimate of drug-likeness (QED) is 0.556. The Morgan fingerprint density at radius 1 is 1.38 bits per heavy atom. The molecule has 1 aliphatic rings. The third kappa shape index (κ3) is 2.91. The summed E-state index contributed by atoms with van der Waals surface area (Å²) in [4.78, 5) is 4.18. The van der Waals surface area contributed by atoms with Crippen LogP contribution in [-0.2, 0) is 6.54 Å². The number of benzene rings is 1. The van der Waals surface area contributed by atoms with E-state index in [-0.39, 0.29) is 5.82 Å². The first kappa shape index (κ1) is 10.8. The van der Waals surface area contributed by atoms with Crippen LogP contribution in [0.5, 0.6) is 0 Å². The number of aliphatic hydroxyl groups is 1. The van der Waals surface area contributed by atoms with Gasteiger partial charge >= 0.3 is 0 Å². The molecule has 0 aliphatic carbocycles. The summed E-state index contributed by atoms with van der Waals surface area (Å²) in [6.07, 6.45) is -0.645. The molecule has 1 aromatic rings. The van der Waals surface area contributed by atoms with E-state index in [2.05, 4.69) is 21.2 Å². The molecule has 0 saturated carbocycles. The molecule has 2 rings (SSSR count). The minimum atomic E-state index is -0.645.